The zero-order valence-electron chi connectivity index (χ0n) is 7.64. The van der Waals surface area contributed by atoms with E-state index in [1.807, 2.05) is 0 Å². The predicted octanol–water partition coefficient (Wildman–Crippen LogP) is 2.56. The number of nitrogens with zero attached hydrogens (tertiary/aromatic N) is 3. The molecule has 16 heavy (non-hydrogen) atoms. The number of alkyl halides is 3. The molecule has 0 unspecified atom stereocenters. The minimum atomic E-state index is -4.64. The van der Waals surface area contributed by atoms with Crippen molar-refractivity contribution in [2.24, 2.45) is 10.2 Å². The van der Waals surface area contributed by atoms with Gasteiger partial charge in [-0.3, -0.25) is 5.21 Å². The summed E-state index contributed by atoms with van der Waals surface area (Å²) < 4.78 is 37.7. The van der Waals surface area contributed by atoms with Gasteiger partial charge in [0.25, 0.3) is 0 Å². The van der Waals surface area contributed by atoms with E-state index in [0.29, 0.717) is 0 Å². The van der Waals surface area contributed by atoms with Gasteiger partial charge in [-0.1, -0.05) is 12.1 Å². The summed E-state index contributed by atoms with van der Waals surface area (Å²) in [5, 5.41) is 24.5. The molecule has 8 heteroatoms. The van der Waals surface area contributed by atoms with Gasteiger partial charge in [0.1, 0.15) is 0 Å². The van der Waals surface area contributed by atoms with Crippen LogP contribution in [-0.2, 0) is 5.66 Å². The molecular weight excluding hydrogens is 227 g/mol. The highest BCUT2D eigenvalue weighted by Crippen LogP contribution is 2.52. The van der Waals surface area contributed by atoms with Crippen molar-refractivity contribution in [3.63, 3.8) is 0 Å². The van der Waals surface area contributed by atoms with Crippen molar-refractivity contribution in [2.75, 3.05) is 5.23 Å². The molecule has 1 N–H and O–H groups in total. The van der Waals surface area contributed by atoms with E-state index in [4.69, 9.17) is 5.21 Å². The molecule has 0 radical (unpaired) electrons. The van der Waals surface area contributed by atoms with Crippen LogP contribution >= 0.6 is 0 Å². The van der Waals surface area contributed by atoms with Crippen LogP contribution in [0.5, 0.6) is 0 Å². The van der Waals surface area contributed by atoms with Gasteiger partial charge < -0.3 is 10.4 Å². The van der Waals surface area contributed by atoms with Crippen molar-refractivity contribution in [3.8, 4) is 0 Å². The Bertz CT molecular complexity index is 438. The highest BCUT2D eigenvalue weighted by Gasteiger charge is 2.65. The van der Waals surface area contributed by atoms with Gasteiger partial charge >= 0.3 is 11.8 Å². The van der Waals surface area contributed by atoms with Crippen LogP contribution in [0.4, 0.5) is 18.9 Å². The third-order valence-electron chi connectivity index (χ3n) is 2.16. The van der Waals surface area contributed by atoms with Crippen LogP contribution in [0, 0.1) is 5.21 Å². The molecule has 5 nitrogen and oxygen atoms in total. The third kappa shape index (κ3) is 1.51. The van der Waals surface area contributed by atoms with E-state index in [0.717, 1.165) is 12.1 Å². The Morgan fingerprint density at radius 1 is 1.31 bits per heavy atom. The van der Waals surface area contributed by atoms with E-state index in [1.54, 1.807) is 0 Å². The van der Waals surface area contributed by atoms with E-state index in [2.05, 4.69) is 10.2 Å². The van der Waals surface area contributed by atoms with Crippen molar-refractivity contribution in [1.82, 2.24) is 0 Å². The van der Waals surface area contributed by atoms with E-state index >= 15 is 0 Å². The first-order valence-electron chi connectivity index (χ1n) is 4.14. The Morgan fingerprint density at radius 2 is 1.94 bits per heavy atom. The Labute approximate surface area is 87.4 Å². The average Bonchev–Trinajstić information content (AvgIpc) is 2.97. The van der Waals surface area contributed by atoms with Crippen LogP contribution in [0.3, 0.4) is 0 Å². The van der Waals surface area contributed by atoms with Gasteiger partial charge in [-0.15, -0.1) is 10.2 Å². The minimum Gasteiger partial charge on any atom is -0.733 e. The molecule has 1 aromatic carbocycles. The monoisotopic (exact) mass is 232 g/mol. The molecule has 2 rings (SSSR count). The molecule has 1 aliphatic rings. The van der Waals surface area contributed by atoms with Crippen LogP contribution in [0.15, 0.2) is 34.5 Å². The number of hydrogen-bond acceptors (Lipinski definition) is 5. The number of anilines is 1. The molecule has 0 atom stereocenters. The second-order valence-electron chi connectivity index (χ2n) is 3.19. The summed E-state index contributed by atoms with van der Waals surface area (Å²) in [6.07, 6.45) is -4.64. The number of rotatable bonds is 2. The normalized spacial score (nSPS) is 17.3. The lowest BCUT2D eigenvalue weighted by Gasteiger charge is -2.23. The van der Waals surface area contributed by atoms with Crippen molar-refractivity contribution in [2.45, 2.75) is 11.8 Å². The van der Waals surface area contributed by atoms with Crippen LogP contribution in [-0.4, -0.2) is 11.4 Å². The lowest BCUT2D eigenvalue weighted by molar-refractivity contribution is -0.166. The van der Waals surface area contributed by atoms with Gasteiger partial charge in [-0.2, -0.15) is 13.2 Å². The number of halogens is 3. The van der Waals surface area contributed by atoms with Crippen LogP contribution in [0.25, 0.3) is 0 Å². The maximum atomic E-state index is 12.6. The van der Waals surface area contributed by atoms with E-state index in [-0.39, 0.29) is 11.3 Å². The molecule has 0 aliphatic carbocycles. The molecule has 86 valence electrons. The molecule has 0 saturated heterocycles. The zero-order valence-corrected chi connectivity index (χ0v) is 7.64. The molecule has 1 heterocycles. The summed E-state index contributed by atoms with van der Waals surface area (Å²) in [5.74, 6) is 0. The Balaban J connectivity index is 2.39. The SMILES string of the molecule is [O-]N(O)c1cccc(C2(C(F)(F)F)N=N2)c1. The summed E-state index contributed by atoms with van der Waals surface area (Å²) in [6, 6.07) is 4.41. The fraction of sp³-hybridized carbons (Fsp3) is 0.250. The van der Waals surface area contributed by atoms with Crippen molar-refractivity contribution in [1.29, 1.82) is 0 Å². The maximum absolute atomic E-state index is 12.6. The summed E-state index contributed by atoms with van der Waals surface area (Å²) in [4.78, 5) is 0. The van der Waals surface area contributed by atoms with Gasteiger partial charge in [0.15, 0.2) is 0 Å². The third-order valence-corrected chi connectivity index (χ3v) is 2.16. The molecule has 0 saturated carbocycles. The van der Waals surface area contributed by atoms with Gasteiger partial charge in [0.2, 0.25) is 0 Å². The minimum absolute atomic E-state index is 0.299. The quantitative estimate of drug-likeness (QED) is 0.796. The van der Waals surface area contributed by atoms with Gasteiger partial charge in [0, 0.05) is 5.56 Å². The largest absolute Gasteiger partial charge is 0.733 e. The average molecular weight is 232 g/mol. The lowest BCUT2D eigenvalue weighted by atomic mass is 10.0. The van der Waals surface area contributed by atoms with E-state index in [9.17, 15) is 18.4 Å². The molecule has 1 aliphatic heterocycles. The fourth-order valence-corrected chi connectivity index (χ4v) is 1.28. The summed E-state index contributed by atoms with van der Waals surface area (Å²) >= 11 is 0. The Hall–Kier alpha value is -1.67. The highest BCUT2D eigenvalue weighted by atomic mass is 19.4. The molecular formula is C8H5F3N3O2-. The lowest BCUT2D eigenvalue weighted by Crippen LogP contribution is -2.30. The predicted molar refractivity (Wildman–Crippen MR) is 46.7 cm³/mol. The summed E-state index contributed by atoms with van der Waals surface area (Å²) in [6.45, 7) is 0. The molecule has 0 fully saturated rings. The molecule has 0 amide bonds. The second kappa shape index (κ2) is 3.16. The van der Waals surface area contributed by atoms with Crippen molar-refractivity contribution < 1.29 is 18.4 Å². The molecule has 0 spiro atoms. The van der Waals surface area contributed by atoms with Gasteiger partial charge in [0.05, 0.1) is 5.69 Å². The Kier molecular flexibility index (Phi) is 2.14. The smallest absolute Gasteiger partial charge is 0.442 e. The second-order valence-corrected chi connectivity index (χ2v) is 3.19. The van der Waals surface area contributed by atoms with Crippen molar-refractivity contribution >= 4 is 5.69 Å². The number of benzene rings is 1. The Morgan fingerprint density at radius 3 is 2.38 bits per heavy atom. The van der Waals surface area contributed by atoms with E-state index in [1.165, 1.54) is 12.1 Å². The molecule has 0 bridgehead atoms. The first kappa shape index (κ1) is 10.8. The zero-order chi connectivity index (χ0) is 12.0. The fourth-order valence-electron chi connectivity index (χ4n) is 1.28. The van der Waals surface area contributed by atoms with Crippen LogP contribution in [0.1, 0.15) is 5.56 Å². The molecule has 0 aromatic heterocycles. The topological polar surface area (TPSA) is 71.2 Å². The van der Waals surface area contributed by atoms with E-state index < -0.39 is 17.1 Å². The van der Waals surface area contributed by atoms with Gasteiger partial charge in [-0.05, 0) is 12.1 Å². The maximum Gasteiger partial charge on any atom is 0.442 e. The summed E-state index contributed by atoms with van der Waals surface area (Å²) in [5.41, 5.74) is -3.18. The number of hydrogen-bond donors (Lipinski definition) is 1. The van der Waals surface area contributed by atoms with Crippen LogP contribution in [0.2, 0.25) is 0 Å². The van der Waals surface area contributed by atoms with Gasteiger partial charge in [-0.25, -0.2) is 0 Å². The summed E-state index contributed by atoms with van der Waals surface area (Å²) in [7, 11) is 0. The first-order valence-corrected chi connectivity index (χ1v) is 4.14. The molecule has 1 aromatic rings. The van der Waals surface area contributed by atoms with Crippen molar-refractivity contribution in [3.05, 3.63) is 35.0 Å². The highest BCUT2D eigenvalue weighted by molar-refractivity contribution is 5.49. The van der Waals surface area contributed by atoms with Crippen LogP contribution < -0.4 is 5.23 Å². The standard InChI is InChI=1S/C8H5F3N3O2/c9-8(10,11)7(12-13-7)5-2-1-3-6(4-5)14(15)16/h1-4,15H/q-1. The first-order chi connectivity index (χ1) is 7.37.